The van der Waals surface area contributed by atoms with E-state index in [9.17, 15) is 0 Å². The van der Waals surface area contributed by atoms with E-state index >= 15 is 0 Å². The van der Waals surface area contributed by atoms with Crippen LogP contribution in [-0.2, 0) is 14.1 Å². The maximum absolute atomic E-state index is 4.25. The zero-order chi connectivity index (χ0) is 8.55. The molecule has 0 aliphatic carbocycles. The van der Waals surface area contributed by atoms with E-state index in [0.29, 0.717) is 0 Å². The Kier molecular flexibility index (Phi) is 1.46. The minimum Gasteiger partial charge on any atom is -0.333 e. The van der Waals surface area contributed by atoms with Gasteiger partial charge in [-0.1, -0.05) is 0 Å². The van der Waals surface area contributed by atoms with Crippen LogP contribution in [0.15, 0.2) is 24.7 Å². The van der Waals surface area contributed by atoms with Crippen LogP contribution in [0.1, 0.15) is 0 Å². The van der Waals surface area contributed by atoms with Gasteiger partial charge in [0.15, 0.2) is 5.82 Å². The second-order valence-electron chi connectivity index (χ2n) is 2.74. The normalized spacial score (nSPS) is 10.5. The Morgan fingerprint density at radius 2 is 2.08 bits per heavy atom. The van der Waals surface area contributed by atoms with Crippen molar-refractivity contribution in [3.05, 3.63) is 24.7 Å². The van der Waals surface area contributed by atoms with Crippen molar-refractivity contribution in [3.8, 4) is 11.5 Å². The van der Waals surface area contributed by atoms with Gasteiger partial charge >= 0.3 is 0 Å². The molecular weight excluding hydrogens is 152 g/mol. The Morgan fingerprint density at radius 3 is 2.58 bits per heavy atom. The average Bonchev–Trinajstić information content (AvgIpc) is 2.58. The summed E-state index contributed by atoms with van der Waals surface area (Å²) in [5, 5.41) is 4.25. The zero-order valence-corrected chi connectivity index (χ0v) is 7.10. The maximum atomic E-state index is 4.25. The van der Waals surface area contributed by atoms with Crippen LogP contribution in [0.5, 0.6) is 0 Å². The Balaban J connectivity index is 2.50. The third kappa shape index (κ3) is 1.01. The first-order valence-electron chi connectivity index (χ1n) is 3.75. The van der Waals surface area contributed by atoms with Crippen LogP contribution in [0, 0.1) is 0 Å². The van der Waals surface area contributed by atoms with Gasteiger partial charge in [0.1, 0.15) is 5.69 Å². The lowest BCUT2D eigenvalue weighted by Gasteiger charge is -1.95. The predicted molar refractivity (Wildman–Crippen MR) is 45.4 cm³/mol. The molecule has 0 unspecified atom stereocenters. The van der Waals surface area contributed by atoms with Crippen molar-refractivity contribution in [2.45, 2.75) is 0 Å². The lowest BCUT2D eigenvalue weighted by atomic mass is 10.4. The average molecular weight is 162 g/mol. The summed E-state index contributed by atoms with van der Waals surface area (Å²) in [6.07, 6.45) is 5.58. The molecular formula is C8H10N4. The molecule has 0 aliphatic rings. The monoisotopic (exact) mass is 162 g/mol. The minimum atomic E-state index is 0.899. The molecule has 0 fully saturated rings. The number of nitrogens with zero attached hydrogens (tertiary/aromatic N) is 4. The highest BCUT2D eigenvalue weighted by molar-refractivity contribution is 5.48. The van der Waals surface area contributed by atoms with Gasteiger partial charge < -0.3 is 4.57 Å². The van der Waals surface area contributed by atoms with Gasteiger partial charge in [-0.05, 0) is 6.07 Å². The highest BCUT2D eigenvalue weighted by atomic mass is 15.3. The number of aromatic nitrogens is 4. The Morgan fingerprint density at radius 1 is 1.25 bits per heavy atom. The number of rotatable bonds is 1. The van der Waals surface area contributed by atoms with Crippen molar-refractivity contribution < 1.29 is 0 Å². The highest BCUT2D eigenvalue weighted by Crippen LogP contribution is 2.12. The van der Waals surface area contributed by atoms with Crippen LogP contribution in [-0.4, -0.2) is 19.3 Å². The summed E-state index contributed by atoms with van der Waals surface area (Å²) in [4.78, 5) is 4.19. The zero-order valence-electron chi connectivity index (χ0n) is 7.10. The second kappa shape index (κ2) is 2.48. The molecule has 4 nitrogen and oxygen atoms in total. The van der Waals surface area contributed by atoms with Crippen LogP contribution < -0.4 is 0 Å². The lowest BCUT2D eigenvalue weighted by molar-refractivity contribution is 0.765. The molecule has 4 heteroatoms. The molecule has 0 N–H and O–H groups in total. The molecule has 0 aliphatic heterocycles. The molecule has 0 bridgehead atoms. The standard InChI is InChI=1S/C8H10N4/c1-11-6-4-9-8(11)7-3-5-12(2)10-7/h3-6H,1-2H3. The van der Waals surface area contributed by atoms with Crippen molar-refractivity contribution in [1.82, 2.24) is 19.3 Å². The molecule has 2 aromatic heterocycles. The Bertz CT molecular complexity index is 385. The fraction of sp³-hybridized carbons (Fsp3) is 0.250. The van der Waals surface area contributed by atoms with Gasteiger partial charge in [-0.3, -0.25) is 4.68 Å². The van der Waals surface area contributed by atoms with E-state index in [0.717, 1.165) is 11.5 Å². The van der Waals surface area contributed by atoms with Gasteiger partial charge in [-0.15, -0.1) is 0 Å². The van der Waals surface area contributed by atoms with Gasteiger partial charge in [-0.25, -0.2) is 4.98 Å². The third-order valence-electron chi connectivity index (χ3n) is 1.76. The van der Waals surface area contributed by atoms with Crippen molar-refractivity contribution in [2.24, 2.45) is 14.1 Å². The molecule has 12 heavy (non-hydrogen) atoms. The van der Waals surface area contributed by atoms with Gasteiger partial charge in [0, 0.05) is 32.7 Å². The van der Waals surface area contributed by atoms with Crippen LogP contribution >= 0.6 is 0 Å². The van der Waals surface area contributed by atoms with Crippen molar-refractivity contribution in [2.75, 3.05) is 0 Å². The summed E-state index contributed by atoms with van der Waals surface area (Å²) in [7, 11) is 3.85. The minimum absolute atomic E-state index is 0.899. The van der Waals surface area contributed by atoms with Gasteiger partial charge in [0.25, 0.3) is 0 Å². The SMILES string of the molecule is Cn1ccc(-c2nccn2C)n1. The summed E-state index contributed by atoms with van der Waals surface area (Å²) in [5.41, 5.74) is 0.907. The van der Waals surface area contributed by atoms with E-state index in [1.54, 1.807) is 10.9 Å². The molecule has 0 saturated carbocycles. The third-order valence-corrected chi connectivity index (χ3v) is 1.76. The first-order valence-corrected chi connectivity index (χ1v) is 3.75. The summed E-state index contributed by atoms with van der Waals surface area (Å²) < 4.78 is 3.71. The van der Waals surface area contributed by atoms with Crippen LogP contribution in [0.3, 0.4) is 0 Å². The van der Waals surface area contributed by atoms with Crippen LogP contribution in [0.25, 0.3) is 11.5 Å². The first kappa shape index (κ1) is 7.09. The van der Waals surface area contributed by atoms with E-state index in [1.807, 2.05) is 37.1 Å². The van der Waals surface area contributed by atoms with E-state index in [1.165, 1.54) is 0 Å². The van der Waals surface area contributed by atoms with Gasteiger partial charge in [-0.2, -0.15) is 5.10 Å². The Labute approximate surface area is 70.5 Å². The summed E-state index contributed by atoms with van der Waals surface area (Å²) in [5.74, 6) is 0.899. The van der Waals surface area contributed by atoms with E-state index < -0.39 is 0 Å². The summed E-state index contributed by atoms with van der Waals surface area (Å²) >= 11 is 0. The number of hydrogen-bond acceptors (Lipinski definition) is 2. The molecule has 2 aromatic rings. The summed E-state index contributed by atoms with van der Waals surface area (Å²) in [6.45, 7) is 0. The largest absolute Gasteiger partial charge is 0.333 e. The Hall–Kier alpha value is -1.58. The highest BCUT2D eigenvalue weighted by Gasteiger charge is 2.04. The smallest absolute Gasteiger partial charge is 0.160 e. The molecule has 2 heterocycles. The molecule has 2 rings (SSSR count). The second-order valence-corrected chi connectivity index (χ2v) is 2.74. The lowest BCUT2D eigenvalue weighted by Crippen LogP contribution is -1.93. The number of aryl methyl sites for hydroxylation is 2. The van der Waals surface area contributed by atoms with Crippen molar-refractivity contribution in [1.29, 1.82) is 0 Å². The topological polar surface area (TPSA) is 35.6 Å². The molecule has 0 atom stereocenters. The van der Waals surface area contributed by atoms with Crippen molar-refractivity contribution in [3.63, 3.8) is 0 Å². The first-order chi connectivity index (χ1) is 5.77. The van der Waals surface area contributed by atoms with Crippen LogP contribution in [0.2, 0.25) is 0 Å². The van der Waals surface area contributed by atoms with E-state index in [-0.39, 0.29) is 0 Å². The molecule has 0 spiro atoms. The predicted octanol–water partition coefficient (Wildman–Crippen LogP) is 0.821. The fourth-order valence-electron chi connectivity index (χ4n) is 1.15. The van der Waals surface area contributed by atoms with Crippen molar-refractivity contribution >= 4 is 0 Å². The number of hydrogen-bond donors (Lipinski definition) is 0. The fourth-order valence-corrected chi connectivity index (χ4v) is 1.15. The molecule has 62 valence electrons. The summed E-state index contributed by atoms with van der Waals surface area (Å²) in [6, 6.07) is 1.95. The van der Waals surface area contributed by atoms with Gasteiger partial charge in [0.05, 0.1) is 0 Å². The molecule has 0 radical (unpaired) electrons. The van der Waals surface area contributed by atoms with Crippen LogP contribution in [0.4, 0.5) is 0 Å². The number of imidazole rings is 1. The maximum Gasteiger partial charge on any atom is 0.160 e. The quantitative estimate of drug-likeness (QED) is 0.622. The van der Waals surface area contributed by atoms with Gasteiger partial charge in [0.2, 0.25) is 0 Å². The molecule has 0 aromatic carbocycles. The van der Waals surface area contributed by atoms with E-state index in [4.69, 9.17) is 0 Å². The molecule has 0 saturated heterocycles. The van der Waals surface area contributed by atoms with E-state index in [2.05, 4.69) is 10.1 Å². The molecule has 0 amide bonds.